The average molecular weight is 410 g/mol. The number of anilines is 1. The van der Waals surface area contributed by atoms with Gasteiger partial charge >= 0.3 is 6.09 Å². The fourth-order valence-corrected chi connectivity index (χ4v) is 4.80. The van der Waals surface area contributed by atoms with Gasteiger partial charge in [0, 0.05) is 30.2 Å². The molecular formula is C24H31N3O3. The normalized spacial score (nSPS) is 20.5. The van der Waals surface area contributed by atoms with Crippen LogP contribution in [0.2, 0.25) is 0 Å². The SMILES string of the molecule is CCOC(=O)N1CC2(C1)C(=O)N(CC(CC)=NC1=C(C)CCCC1)c1ccccc12. The zero-order valence-corrected chi connectivity index (χ0v) is 18.2. The van der Waals surface area contributed by atoms with Crippen molar-refractivity contribution < 1.29 is 14.3 Å². The summed E-state index contributed by atoms with van der Waals surface area (Å²) in [7, 11) is 0. The second-order valence-electron chi connectivity index (χ2n) is 8.51. The highest BCUT2D eigenvalue weighted by atomic mass is 16.6. The number of fused-ring (bicyclic) bond motifs is 2. The molecule has 30 heavy (non-hydrogen) atoms. The molecule has 2 aliphatic heterocycles. The third-order valence-electron chi connectivity index (χ3n) is 6.56. The molecule has 1 aromatic rings. The molecule has 0 saturated carbocycles. The minimum Gasteiger partial charge on any atom is -0.450 e. The number of likely N-dealkylation sites (tertiary alicyclic amines) is 1. The molecule has 2 amide bonds. The van der Waals surface area contributed by atoms with Gasteiger partial charge in [-0.3, -0.25) is 9.79 Å². The summed E-state index contributed by atoms with van der Waals surface area (Å²) < 4.78 is 5.11. The molecule has 1 spiro atoms. The summed E-state index contributed by atoms with van der Waals surface area (Å²) in [6.45, 7) is 7.66. The van der Waals surface area contributed by atoms with Gasteiger partial charge in [-0.15, -0.1) is 0 Å². The number of benzene rings is 1. The summed E-state index contributed by atoms with van der Waals surface area (Å²) in [4.78, 5) is 34.2. The van der Waals surface area contributed by atoms with Crippen molar-refractivity contribution in [3.05, 3.63) is 41.1 Å². The first kappa shape index (κ1) is 20.6. The standard InChI is InChI=1S/C24H31N3O3/c1-4-18(25-20-12-8-6-10-17(20)3)14-27-21-13-9-7-11-19(21)24(22(27)28)15-26(16-24)23(29)30-5-2/h7,9,11,13H,4-6,8,10,12,14-16H2,1-3H3. The number of carbonyl (C=O) groups excluding carboxylic acids is 2. The Labute approximate surface area is 178 Å². The summed E-state index contributed by atoms with van der Waals surface area (Å²) in [5, 5.41) is 0. The second kappa shape index (κ2) is 8.25. The summed E-state index contributed by atoms with van der Waals surface area (Å²) in [6.07, 6.45) is 5.04. The Hall–Kier alpha value is -2.63. The van der Waals surface area contributed by atoms with E-state index in [4.69, 9.17) is 9.73 Å². The lowest BCUT2D eigenvalue weighted by atomic mass is 9.75. The van der Waals surface area contributed by atoms with Crippen molar-refractivity contribution in [1.82, 2.24) is 4.90 Å². The van der Waals surface area contributed by atoms with Gasteiger partial charge in [-0.2, -0.15) is 0 Å². The van der Waals surface area contributed by atoms with E-state index in [2.05, 4.69) is 13.8 Å². The molecule has 2 heterocycles. The molecule has 0 radical (unpaired) electrons. The van der Waals surface area contributed by atoms with Crippen LogP contribution in [0.1, 0.15) is 58.4 Å². The van der Waals surface area contributed by atoms with Crippen molar-refractivity contribution in [2.24, 2.45) is 4.99 Å². The van der Waals surface area contributed by atoms with Crippen LogP contribution < -0.4 is 4.90 Å². The maximum absolute atomic E-state index is 13.6. The van der Waals surface area contributed by atoms with E-state index < -0.39 is 5.41 Å². The van der Waals surface area contributed by atoms with E-state index in [1.54, 1.807) is 11.8 Å². The predicted octanol–water partition coefficient (Wildman–Crippen LogP) is 4.44. The minimum atomic E-state index is -0.651. The zero-order chi connectivity index (χ0) is 21.3. The van der Waals surface area contributed by atoms with Crippen LogP contribution in [-0.4, -0.2) is 48.9 Å². The Morgan fingerprint density at radius 3 is 2.60 bits per heavy atom. The van der Waals surface area contributed by atoms with E-state index in [1.807, 2.05) is 29.2 Å². The molecule has 6 nitrogen and oxygen atoms in total. The van der Waals surface area contributed by atoms with E-state index in [-0.39, 0.29) is 12.0 Å². The molecule has 1 aromatic carbocycles. The van der Waals surface area contributed by atoms with Gasteiger partial charge < -0.3 is 14.5 Å². The van der Waals surface area contributed by atoms with E-state index in [9.17, 15) is 9.59 Å². The van der Waals surface area contributed by atoms with Crippen LogP contribution in [0.4, 0.5) is 10.5 Å². The quantitative estimate of drug-likeness (QED) is 0.676. The Kier molecular flexibility index (Phi) is 5.67. The lowest BCUT2D eigenvalue weighted by Gasteiger charge is -2.45. The molecule has 0 atom stereocenters. The summed E-state index contributed by atoms with van der Waals surface area (Å²) in [6, 6.07) is 7.96. The van der Waals surface area contributed by atoms with Crippen LogP contribution in [0.3, 0.4) is 0 Å². The Morgan fingerprint density at radius 2 is 1.90 bits per heavy atom. The molecule has 1 aliphatic carbocycles. The van der Waals surface area contributed by atoms with Crippen LogP contribution in [0, 0.1) is 0 Å². The summed E-state index contributed by atoms with van der Waals surface area (Å²) >= 11 is 0. The van der Waals surface area contributed by atoms with Gasteiger partial charge in [0.1, 0.15) is 5.41 Å². The second-order valence-corrected chi connectivity index (χ2v) is 8.51. The van der Waals surface area contributed by atoms with Crippen LogP contribution >= 0.6 is 0 Å². The molecule has 160 valence electrons. The number of aliphatic imine (C=N–C) groups is 1. The third kappa shape index (κ3) is 3.42. The molecule has 1 fully saturated rings. The summed E-state index contributed by atoms with van der Waals surface area (Å²) in [5.41, 5.74) is 4.92. The number of ether oxygens (including phenoxy) is 1. The Morgan fingerprint density at radius 1 is 1.17 bits per heavy atom. The number of para-hydroxylation sites is 1. The number of hydrogen-bond acceptors (Lipinski definition) is 4. The molecule has 0 unspecified atom stereocenters. The van der Waals surface area contributed by atoms with E-state index in [0.717, 1.165) is 36.2 Å². The van der Waals surface area contributed by atoms with E-state index in [1.165, 1.54) is 24.1 Å². The lowest BCUT2D eigenvalue weighted by molar-refractivity contribution is -0.128. The van der Waals surface area contributed by atoms with E-state index in [0.29, 0.717) is 26.2 Å². The molecule has 0 N–H and O–H groups in total. The third-order valence-corrected chi connectivity index (χ3v) is 6.56. The molecule has 0 aromatic heterocycles. The largest absolute Gasteiger partial charge is 0.450 e. The fraction of sp³-hybridized carbons (Fsp3) is 0.542. The Bertz CT molecular complexity index is 912. The number of amides is 2. The lowest BCUT2D eigenvalue weighted by Crippen LogP contribution is -2.65. The average Bonchev–Trinajstić information content (AvgIpc) is 2.96. The maximum Gasteiger partial charge on any atom is 0.409 e. The molecule has 6 heteroatoms. The van der Waals surface area contributed by atoms with Crippen molar-refractivity contribution in [2.45, 2.75) is 58.3 Å². The first-order valence-electron chi connectivity index (χ1n) is 11.1. The molecule has 3 aliphatic rings. The van der Waals surface area contributed by atoms with Gasteiger partial charge in [-0.05, 0) is 57.6 Å². The first-order valence-corrected chi connectivity index (χ1v) is 11.1. The van der Waals surface area contributed by atoms with Gasteiger partial charge in [-0.1, -0.05) is 30.7 Å². The predicted molar refractivity (Wildman–Crippen MR) is 118 cm³/mol. The molecule has 1 saturated heterocycles. The maximum atomic E-state index is 13.6. The monoisotopic (exact) mass is 409 g/mol. The van der Waals surface area contributed by atoms with E-state index >= 15 is 0 Å². The van der Waals surface area contributed by atoms with Crippen LogP contribution in [-0.2, 0) is 14.9 Å². The number of carbonyl (C=O) groups is 2. The van der Waals surface area contributed by atoms with Crippen molar-refractivity contribution in [3.8, 4) is 0 Å². The number of nitrogens with zero attached hydrogens (tertiary/aromatic N) is 3. The zero-order valence-electron chi connectivity index (χ0n) is 18.2. The van der Waals surface area contributed by atoms with Crippen molar-refractivity contribution in [2.75, 3.05) is 31.1 Å². The fourth-order valence-electron chi connectivity index (χ4n) is 4.80. The van der Waals surface area contributed by atoms with Crippen LogP contribution in [0.25, 0.3) is 0 Å². The molecule has 0 bridgehead atoms. The highest BCUT2D eigenvalue weighted by Crippen LogP contribution is 2.47. The van der Waals surface area contributed by atoms with Crippen LogP contribution in [0.15, 0.2) is 40.5 Å². The number of allylic oxidation sites excluding steroid dienone is 2. The highest BCUT2D eigenvalue weighted by molar-refractivity contribution is 6.12. The van der Waals surface area contributed by atoms with Crippen molar-refractivity contribution in [3.63, 3.8) is 0 Å². The van der Waals surface area contributed by atoms with Crippen molar-refractivity contribution in [1.29, 1.82) is 0 Å². The highest BCUT2D eigenvalue weighted by Gasteiger charge is 2.59. The smallest absolute Gasteiger partial charge is 0.409 e. The van der Waals surface area contributed by atoms with Gasteiger partial charge in [0.2, 0.25) is 5.91 Å². The van der Waals surface area contributed by atoms with Gasteiger partial charge in [0.15, 0.2) is 0 Å². The first-order chi connectivity index (χ1) is 14.5. The topological polar surface area (TPSA) is 62.2 Å². The van der Waals surface area contributed by atoms with Gasteiger partial charge in [0.05, 0.1) is 13.2 Å². The molecular weight excluding hydrogens is 378 g/mol. The minimum absolute atomic E-state index is 0.0692. The van der Waals surface area contributed by atoms with Gasteiger partial charge in [-0.25, -0.2) is 4.79 Å². The summed E-state index contributed by atoms with van der Waals surface area (Å²) in [5.74, 6) is 0.0692. The van der Waals surface area contributed by atoms with Gasteiger partial charge in [0.25, 0.3) is 0 Å². The van der Waals surface area contributed by atoms with Crippen molar-refractivity contribution >= 4 is 23.4 Å². The molecule has 4 rings (SSSR count). The van der Waals surface area contributed by atoms with Crippen LogP contribution in [0.5, 0.6) is 0 Å². The number of rotatable bonds is 5. The number of hydrogen-bond donors (Lipinski definition) is 0. The Balaban J connectivity index is 1.59.